The number of carbonyl (C=O) groups is 2. The van der Waals surface area contributed by atoms with Crippen LogP contribution >= 0.6 is 11.8 Å². The highest BCUT2D eigenvalue weighted by molar-refractivity contribution is 7.98. The van der Waals surface area contributed by atoms with Crippen molar-refractivity contribution in [2.45, 2.75) is 48.8 Å². The van der Waals surface area contributed by atoms with Crippen molar-refractivity contribution in [2.75, 3.05) is 38.7 Å². The number of hydrogen-bond donors (Lipinski definition) is 1. The van der Waals surface area contributed by atoms with E-state index in [-0.39, 0.29) is 55.0 Å². The van der Waals surface area contributed by atoms with E-state index < -0.39 is 11.7 Å². The predicted molar refractivity (Wildman–Crippen MR) is 169 cm³/mol. The third-order valence-electron chi connectivity index (χ3n) is 9.83. The van der Waals surface area contributed by atoms with Gasteiger partial charge in [0, 0.05) is 32.6 Å². The van der Waals surface area contributed by atoms with Crippen molar-refractivity contribution in [1.82, 2.24) is 25.1 Å². The van der Waals surface area contributed by atoms with Gasteiger partial charge in [-0.15, -0.1) is 0 Å². The molecular weight excluding hydrogens is 577 g/mol. The third kappa shape index (κ3) is 4.79. The van der Waals surface area contributed by atoms with Crippen molar-refractivity contribution in [3.8, 4) is 0 Å². The minimum atomic E-state index is -0.491. The van der Waals surface area contributed by atoms with Crippen molar-refractivity contribution in [3.63, 3.8) is 0 Å². The van der Waals surface area contributed by atoms with Crippen LogP contribution in [0.2, 0.25) is 0 Å². The van der Waals surface area contributed by atoms with Gasteiger partial charge in [-0.25, -0.2) is 19.2 Å². The fourth-order valence-corrected chi connectivity index (χ4v) is 8.32. The van der Waals surface area contributed by atoms with Gasteiger partial charge in [-0.3, -0.25) is 9.69 Å². The maximum absolute atomic E-state index is 14.0. The average Bonchev–Trinajstić information content (AvgIpc) is 3.10. The molecule has 4 unspecified atom stereocenters. The Balaban J connectivity index is 1.28. The van der Waals surface area contributed by atoms with E-state index in [1.165, 1.54) is 23.3 Å². The summed E-state index contributed by atoms with van der Waals surface area (Å²) >= 11 is 1.77. The molecule has 8 nitrogen and oxygen atoms in total. The van der Waals surface area contributed by atoms with Gasteiger partial charge >= 0.3 is 6.03 Å². The third-order valence-corrected chi connectivity index (χ3v) is 10.5. The van der Waals surface area contributed by atoms with E-state index in [1.807, 2.05) is 11.0 Å². The standard InChI is InChI=1S/C34H38FN5O3S/c1-37-22-32(41)39-28(16-17-44-2)34-29-11-7-6-10-25(18-30(34)43-29)27(24-8-4-3-5-9-24)20-38(34)21-31(39)40(37)33(42)36-19-23-12-14-26(35)15-13-23/h3-15,18,27-31H,16-17,19-22H2,1-2H3,(H,36,42)/b10-6?,11-7-/t27?,28-,29?,30?,31-,34?/m0/s1. The highest BCUT2D eigenvalue weighted by Crippen LogP contribution is 2.53. The molecule has 5 heterocycles. The summed E-state index contributed by atoms with van der Waals surface area (Å²) in [6.45, 7) is 1.60. The summed E-state index contributed by atoms with van der Waals surface area (Å²) in [4.78, 5) is 32.5. The maximum atomic E-state index is 14.0. The van der Waals surface area contributed by atoms with E-state index >= 15 is 0 Å². The molecule has 10 heteroatoms. The fourth-order valence-electron chi connectivity index (χ4n) is 7.86. The lowest BCUT2D eigenvalue weighted by molar-refractivity contribution is -0.285. The number of urea groups is 1. The van der Waals surface area contributed by atoms with Gasteiger partial charge in [-0.05, 0) is 53.3 Å². The summed E-state index contributed by atoms with van der Waals surface area (Å²) < 4.78 is 20.1. The van der Waals surface area contributed by atoms with Crippen LogP contribution in [0.15, 0.2) is 90.6 Å². The van der Waals surface area contributed by atoms with E-state index in [9.17, 15) is 14.0 Å². The van der Waals surface area contributed by atoms with Gasteiger partial charge in [0.1, 0.15) is 29.7 Å². The average molecular weight is 616 g/mol. The van der Waals surface area contributed by atoms with Gasteiger partial charge in [0.25, 0.3) is 0 Å². The molecule has 44 heavy (non-hydrogen) atoms. The Hall–Kier alpha value is -3.44. The molecule has 3 amide bonds. The Morgan fingerprint density at radius 3 is 2.66 bits per heavy atom. The van der Waals surface area contributed by atoms with Crippen molar-refractivity contribution in [3.05, 3.63) is 107 Å². The summed E-state index contributed by atoms with van der Waals surface area (Å²) in [5.74, 6) is 0.692. The number of carbonyl (C=O) groups excluding carboxylic acids is 2. The number of thioether (sulfide) groups is 1. The second-order valence-corrected chi connectivity index (χ2v) is 13.2. The molecule has 2 aromatic rings. The van der Waals surface area contributed by atoms with E-state index in [0.717, 1.165) is 24.3 Å². The molecule has 0 radical (unpaired) electrons. The van der Waals surface area contributed by atoms with E-state index in [2.05, 4.69) is 71.1 Å². The van der Waals surface area contributed by atoms with E-state index in [1.54, 1.807) is 41.0 Å². The molecule has 6 atom stereocenters. The monoisotopic (exact) mass is 615 g/mol. The van der Waals surface area contributed by atoms with Crippen LogP contribution in [0.25, 0.3) is 0 Å². The smallest absolute Gasteiger partial charge is 0.334 e. The molecule has 7 rings (SSSR count). The molecule has 2 aromatic carbocycles. The Morgan fingerprint density at radius 2 is 1.89 bits per heavy atom. The van der Waals surface area contributed by atoms with Gasteiger partial charge in [0.2, 0.25) is 5.91 Å². The second kappa shape index (κ2) is 11.8. The molecule has 3 fully saturated rings. The van der Waals surface area contributed by atoms with Crippen LogP contribution in [0.3, 0.4) is 0 Å². The van der Waals surface area contributed by atoms with E-state index in [4.69, 9.17) is 4.74 Å². The zero-order valence-corrected chi connectivity index (χ0v) is 25.8. The number of halogens is 1. The molecular formula is C34H38FN5O3S. The number of piperazine rings is 1. The summed E-state index contributed by atoms with van der Waals surface area (Å²) in [6, 6.07) is 16.2. The van der Waals surface area contributed by atoms with Crippen LogP contribution in [0, 0.1) is 5.82 Å². The number of likely N-dealkylation sites (N-methyl/N-ethyl adjacent to an activating group) is 1. The summed E-state index contributed by atoms with van der Waals surface area (Å²) in [5, 5.41) is 6.48. The summed E-state index contributed by atoms with van der Waals surface area (Å²) in [7, 11) is 1.80. The number of hydrogen-bond acceptors (Lipinski definition) is 6. The molecule has 1 spiro atoms. The summed E-state index contributed by atoms with van der Waals surface area (Å²) in [5.41, 5.74) is 2.79. The van der Waals surface area contributed by atoms with Crippen LogP contribution in [0.1, 0.15) is 23.5 Å². The second-order valence-electron chi connectivity index (χ2n) is 12.2. The molecule has 0 aromatic heterocycles. The number of rotatable bonds is 6. The Morgan fingerprint density at radius 1 is 1.09 bits per heavy atom. The zero-order valence-electron chi connectivity index (χ0n) is 25.0. The molecule has 230 valence electrons. The fraction of sp³-hybridized carbons (Fsp3) is 0.412. The van der Waals surface area contributed by atoms with E-state index in [0.29, 0.717) is 6.54 Å². The molecule has 5 aliphatic heterocycles. The lowest BCUT2D eigenvalue weighted by atomic mass is 9.69. The minimum absolute atomic E-state index is 0.0228. The Labute approximate surface area is 262 Å². The molecule has 5 aliphatic rings. The molecule has 0 saturated carbocycles. The zero-order chi connectivity index (χ0) is 30.4. The highest BCUT2D eigenvalue weighted by Gasteiger charge is 2.69. The highest BCUT2D eigenvalue weighted by atomic mass is 32.2. The number of benzene rings is 2. The number of nitrogens with zero attached hydrogens (tertiary/aromatic N) is 4. The molecule has 3 saturated heterocycles. The lowest BCUT2D eigenvalue weighted by Gasteiger charge is -2.69. The van der Waals surface area contributed by atoms with Crippen LogP contribution in [0.5, 0.6) is 0 Å². The van der Waals surface area contributed by atoms with Crippen LogP contribution < -0.4 is 5.32 Å². The van der Waals surface area contributed by atoms with Gasteiger partial charge in [-0.2, -0.15) is 11.8 Å². The Kier molecular flexibility index (Phi) is 7.86. The molecule has 0 aliphatic carbocycles. The topological polar surface area (TPSA) is 68.4 Å². The van der Waals surface area contributed by atoms with Gasteiger partial charge in [-0.1, -0.05) is 66.8 Å². The number of nitrogens with one attached hydrogen (secondary N) is 1. The van der Waals surface area contributed by atoms with Gasteiger partial charge < -0.3 is 15.0 Å². The Bertz CT molecular complexity index is 1500. The van der Waals surface area contributed by atoms with Crippen LogP contribution in [-0.2, 0) is 16.1 Å². The van der Waals surface area contributed by atoms with Crippen molar-refractivity contribution in [2.24, 2.45) is 0 Å². The number of amides is 3. The summed E-state index contributed by atoms with van der Waals surface area (Å²) in [6.07, 6.45) is 12.8. The first-order chi connectivity index (χ1) is 21.4. The number of ether oxygens (including phenoxy) is 1. The normalized spacial score (nSPS) is 31.9. The van der Waals surface area contributed by atoms with Gasteiger partial charge in [0.05, 0.1) is 12.6 Å². The molecule has 3 bridgehead atoms. The quantitative estimate of drug-likeness (QED) is 0.527. The first kappa shape index (κ1) is 29.3. The van der Waals surface area contributed by atoms with Crippen molar-refractivity contribution < 1.29 is 18.7 Å². The van der Waals surface area contributed by atoms with Gasteiger partial charge in [0.15, 0.2) is 0 Å². The first-order valence-corrected chi connectivity index (χ1v) is 16.7. The first-order valence-electron chi connectivity index (χ1n) is 15.3. The largest absolute Gasteiger partial charge is 0.363 e. The van der Waals surface area contributed by atoms with Crippen molar-refractivity contribution >= 4 is 23.7 Å². The number of fused-ring (bicyclic) bond motifs is 2. The lowest BCUT2D eigenvalue weighted by Crippen LogP contribution is -2.88. The molecule has 1 N–H and O–H groups in total. The number of hydrazine groups is 1. The predicted octanol–water partition coefficient (Wildman–Crippen LogP) is 4.15. The minimum Gasteiger partial charge on any atom is -0.363 e. The number of allylic oxidation sites excluding steroid dienone is 3. The SMILES string of the molecule is CSCC[C@@H]1N2C(=O)CN(C)N(C(=O)NCc3ccc(F)cc3)[C@H]2CN2CC(c3ccccc3)C3=CC4OC(/C=C\C=C3)C412. The maximum Gasteiger partial charge on any atom is 0.334 e. The van der Waals surface area contributed by atoms with Crippen LogP contribution in [-0.4, -0.2) is 100 Å². The van der Waals surface area contributed by atoms with Crippen LogP contribution in [0.4, 0.5) is 9.18 Å². The van der Waals surface area contributed by atoms with Crippen molar-refractivity contribution in [1.29, 1.82) is 0 Å².